The number of benzene rings is 4. The van der Waals surface area contributed by atoms with E-state index in [4.69, 9.17) is 4.74 Å². The van der Waals surface area contributed by atoms with Crippen LogP contribution in [0.3, 0.4) is 0 Å². The number of carbonyl (C=O) groups is 2. The van der Waals surface area contributed by atoms with E-state index in [0.29, 0.717) is 29.3 Å². The molecule has 2 N–H and O–H groups in total. The molecule has 0 saturated carbocycles. The number of hydrogen-bond donors (Lipinski definition) is 2. The molecule has 1 atom stereocenters. The third kappa shape index (κ3) is 8.71. The molecule has 42 heavy (non-hydrogen) atoms. The van der Waals surface area contributed by atoms with Crippen molar-refractivity contribution in [2.45, 2.75) is 39.7 Å². The van der Waals surface area contributed by atoms with Crippen LogP contribution in [0.25, 0.3) is 0 Å². The predicted octanol–water partition coefficient (Wildman–Crippen LogP) is 7.27. The van der Waals surface area contributed by atoms with Crippen LogP contribution in [0.2, 0.25) is 0 Å². The van der Waals surface area contributed by atoms with Gasteiger partial charge in [0.2, 0.25) is 0 Å². The SMILES string of the molecule is Cc1cccc(N(CCCOc2ccc(C[C@H](Nc3ccccc3C(=O)c3ccccc3)C(=O)O)cc2)CC(C)C)c1. The van der Waals surface area contributed by atoms with E-state index in [1.165, 1.54) is 11.3 Å². The van der Waals surface area contributed by atoms with Gasteiger partial charge in [-0.15, -0.1) is 0 Å². The Labute approximate surface area is 249 Å². The molecule has 4 aromatic rings. The molecule has 6 heteroatoms. The summed E-state index contributed by atoms with van der Waals surface area (Å²) < 4.78 is 6.01. The summed E-state index contributed by atoms with van der Waals surface area (Å²) in [4.78, 5) is 27.7. The number of aryl methyl sites for hydroxylation is 1. The van der Waals surface area contributed by atoms with Gasteiger partial charge >= 0.3 is 5.97 Å². The first-order valence-electron chi connectivity index (χ1n) is 14.5. The fraction of sp³-hybridized carbons (Fsp3) is 0.278. The summed E-state index contributed by atoms with van der Waals surface area (Å²) in [6, 6.07) is 31.2. The minimum atomic E-state index is -0.989. The van der Waals surface area contributed by atoms with Crippen molar-refractivity contribution in [3.8, 4) is 5.75 Å². The number of aliphatic carboxylic acids is 1. The van der Waals surface area contributed by atoms with Gasteiger partial charge in [0.05, 0.1) is 6.61 Å². The maximum atomic E-state index is 13.1. The van der Waals surface area contributed by atoms with E-state index in [2.05, 4.69) is 55.3 Å². The lowest BCUT2D eigenvalue weighted by Gasteiger charge is -2.27. The molecule has 0 amide bonds. The highest BCUT2D eigenvalue weighted by atomic mass is 16.5. The normalized spacial score (nSPS) is 11.6. The highest BCUT2D eigenvalue weighted by Gasteiger charge is 2.21. The van der Waals surface area contributed by atoms with E-state index in [1.807, 2.05) is 42.5 Å². The third-order valence-electron chi connectivity index (χ3n) is 6.99. The zero-order chi connectivity index (χ0) is 29.9. The predicted molar refractivity (Wildman–Crippen MR) is 170 cm³/mol. The summed E-state index contributed by atoms with van der Waals surface area (Å²) in [6.07, 6.45) is 1.14. The van der Waals surface area contributed by atoms with Crippen molar-refractivity contribution in [3.63, 3.8) is 0 Å². The van der Waals surface area contributed by atoms with Crippen molar-refractivity contribution in [2.75, 3.05) is 29.9 Å². The minimum Gasteiger partial charge on any atom is -0.494 e. The molecular formula is C36H40N2O4. The Balaban J connectivity index is 1.33. The molecule has 0 spiro atoms. The van der Waals surface area contributed by atoms with Crippen LogP contribution in [0.4, 0.5) is 11.4 Å². The quantitative estimate of drug-likeness (QED) is 0.117. The summed E-state index contributed by atoms with van der Waals surface area (Å²) in [5, 5.41) is 13.0. The number of para-hydroxylation sites is 1. The van der Waals surface area contributed by atoms with Crippen LogP contribution in [-0.2, 0) is 11.2 Å². The maximum Gasteiger partial charge on any atom is 0.326 e. The van der Waals surface area contributed by atoms with Crippen LogP contribution in [0.5, 0.6) is 5.75 Å². The molecule has 6 nitrogen and oxygen atoms in total. The molecule has 0 fully saturated rings. The van der Waals surface area contributed by atoms with Gasteiger partial charge < -0.3 is 20.1 Å². The lowest BCUT2D eigenvalue weighted by molar-refractivity contribution is -0.137. The number of hydrogen-bond acceptors (Lipinski definition) is 5. The van der Waals surface area contributed by atoms with Gasteiger partial charge in [0.15, 0.2) is 5.78 Å². The second-order valence-electron chi connectivity index (χ2n) is 11.0. The van der Waals surface area contributed by atoms with Gasteiger partial charge in [-0.3, -0.25) is 4.79 Å². The molecule has 4 aromatic carbocycles. The van der Waals surface area contributed by atoms with Crippen molar-refractivity contribution in [3.05, 3.63) is 125 Å². The summed E-state index contributed by atoms with van der Waals surface area (Å²) in [5.74, 6) is 0.164. The molecular weight excluding hydrogens is 524 g/mol. The van der Waals surface area contributed by atoms with Crippen molar-refractivity contribution in [1.82, 2.24) is 0 Å². The molecule has 0 bridgehead atoms. The number of nitrogens with zero attached hydrogens (tertiary/aromatic N) is 1. The van der Waals surface area contributed by atoms with E-state index < -0.39 is 12.0 Å². The van der Waals surface area contributed by atoms with Crippen LogP contribution < -0.4 is 15.0 Å². The van der Waals surface area contributed by atoms with Gasteiger partial charge in [0.25, 0.3) is 0 Å². The Bertz CT molecular complexity index is 1450. The van der Waals surface area contributed by atoms with E-state index in [-0.39, 0.29) is 12.2 Å². The maximum absolute atomic E-state index is 13.1. The number of ketones is 1. The molecule has 0 radical (unpaired) electrons. The first kappa shape index (κ1) is 30.4. The molecule has 218 valence electrons. The fourth-order valence-corrected chi connectivity index (χ4v) is 4.93. The second kappa shape index (κ2) is 14.9. The van der Waals surface area contributed by atoms with Crippen LogP contribution in [0.15, 0.2) is 103 Å². The van der Waals surface area contributed by atoms with Gasteiger partial charge in [-0.1, -0.05) is 80.6 Å². The number of nitrogens with one attached hydrogen (secondary N) is 1. The number of ether oxygens (including phenoxy) is 1. The number of anilines is 2. The van der Waals surface area contributed by atoms with Crippen LogP contribution in [-0.4, -0.2) is 42.6 Å². The molecule has 0 saturated heterocycles. The third-order valence-corrected chi connectivity index (χ3v) is 6.99. The van der Waals surface area contributed by atoms with E-state index in [1.54, 1.807) is 36.4 Å². The molecule has 0 aliphatic rings. The van der Waals surface area contributed by atoms with Crippen molar-refractivity contribution < 1.29 is 19.4 Å². The van der Waals surface area contributed by atoms with Crippen LogP contribution in [0, 0.1) is 12.8 Å². The number of carbonyl (C=O) groups excluding carboxylic acids is 1. The van der Waals surface area contributed by atoms with E-state index in [0.717, 1.165) is 30.8 Å². The molecule has 0 aliphatic carbocycles. The average Bonchev–Trinajstić information content (AvgIpc) is 2.99. The topological polar surface area (TPSA) is 78.9 Å². The minimum absolute atomic E-state index is 0.157. The van der Waals surface area contributed by atoms with E-state index in [9.17, 15) is 14.7 Å². The Morgan fingerprint density at radius 3 is 2.29 bits per heavy atom. The zero-order valence-corrected chi connectivity index (χ0v) is 24.6. The smallest absolute Gasteiger partial charge is 0.326 e. The highest BCUT2D eigenvalue weighted by molar-refractivity contribution is 6.12. The van der Waals surface area contributed by atoms with Gasteiger partial charge in [0, 0.05) is 42.0 Å². The molecule has 4 rings (SSSR count). The van der Waals surface area contributed by atoms with E-state index >= 15 is 0 Å². The Morgan fingerprint density at radius 2 is 1.60 bits per heavy atom. The van der Waals surface area contributed by atoms with Gasteiger partial charge in [0.1, 0.15) is 11.8 Å². The summed E-state index contributed by atoms with van der Waals surface area (Å²) in [5.41, 5.74) is 4.84. The highest BCUT2D eigenvalue weighted by Crippen LogP contribution is 2.22. The number of carboxylic acid groups (broad SMARTS) is 1. The van der Waals surface area contributed by atoms with Gasteiger partial charge in [-0.2, -0.15) is 0 Å². The molecule has 0 aliphatic heterocycles. The van der Waals surface area contributed by atoms with Crippen molar-refractivity contribution in [1.29, 1.82) is 0 Å². The molecule has 0 heterocycles. The number of rotatable bonds is 15. The van der Waals surface area contributed by atoms with Gasteiger partial charge in [-0.05, 0) is 66.8 Å². The van der Waals surface area contributed by atoms with Gasteiger partial charge in [-0.25, -0.2) is 4.79 Å². The zero-order valence-electron chi connectivity index (χ0n) is 24.6. The Kier molecular flexibility index (Phi) is 10.8. The molecule has 0 aromatic heterocycles. The number of carboxylic acids is 1. The Hall–Kier alpha value is -4.58. The summed E-state index contributed by atoms with van der Waals surface area (Å²) in [7, 11) is 0. The lowest BCUT2D eigenvalue weighted by atomic mass is 10.00. The standard InChI is InChI=1S/C36H40N2O4/c1-26(2)25-38(30-14-9-11-27(3)23-30)21-10-22-42-31-19-17-28(18-20-31)24-34(36(40)41)37-33-16-8-7-15-32(33)35(39)29-12-5-4-6-13-29/h4-9,11-20,23,26,34,37H,10,21-22,24-25H2,1-3H3,(H,40,41)/t34-/m0/s1. The first-order chi connectivity index (χ1) is 20.3. The van der Waals surface area contributed by atoms with Crippen LogP contribution >= 0.6 is 0 Å². The summed E-state index contributed by atoms with van der Waals surface area (Å²) in [6.45, 7) is 9.06. The van der Waals surface area contributed by atoms with Crippen molar-refractivity contribution in [2.24, 2.45) is 5.92 Å². The largest absolute Gasteiger partial charge is 0.494 e. The average molecular weight is 565 g/mol. The Morgan fingerprint density at radius 1 is 0.881 bits per heavy atom. The summed E-state index contributed by atoms with van der Waals surface area (Å²) >= 11 is 0. The molecule has 0 unspecified atom stereocenters. The van der Waals surface area contributed by atoms with Crippen LogP contribution in [0.1, 0.15) is 47.3 Å². The lowest BCUT2D eigenvalue weighted by Crippen LogP contribution is -2.32. The fourth-order valence-electron chi connectivity index (χ4n) is 4.93. The monoisotopic (exact) mass is 564 g/mol. The first-order valence-corrected chi connectivity index (χ1v) is 14.5. The second-order valence-corrected chi connectivity index (χ2v) is 11.0. The van der Waals surface area contributed by atoms with Crippen molar-refractivity contribution >= 4 is 23.1 Å².